The number of aromatic nitrogens is 1. The van der Waals surface area contributed by atoms with Crippen LogP contribution in [0.3, 0.4) is 0 Å². The van der Waals surface area contributed by atoms with Gasteiger partial charge < -0.3 is 20.9 Å². The first-order valence-electron chi connectivity index (χ1n) is 11.1. The number of rotatable bonds is 6. The Morgan fingerprint density at radius 1 is 1.26 bits per heavy atom. The molecule has 1 unspecified atom stereocenters. The Bertz CT molecular complexity index is 1170. The molecule has 0 aliphatic heterocycles. The van der Waals surface area contributed by atoms with E-state index in [-0.39, 0.29) is 17.4 Å². The van der Waals surface area contributed by atoms with E-state index in [1.54, 1.807) is 7.11 Å². The summed E-state index contributed by atoms with van der Waals surface area (Å²) in [7, 11) is 1.67. The molecule has 0 spiro atoms. The van der Waals surface area contributed by atoms with Crippen LogP contribution in [0.1, 0.15) is 66.7 Å². The van der Waals surface area contributed by atoms with Gasteiger partial charge in [-0.05, 0) is 60.9 Å². The number of nitrogens with one attached hydrogen (secondary N) is 2. The zero-order chi connectivity index (χ0) is 22.1. The lowest BCUT2D eigenvalue weighted by atomic mass is 9.87. The zero-order valence-corrected chi connectivity index (χ0v) is 18.5. The normalized spacial score (nSPS) is 15.4. The van der Waals surface area contributed by atoms with E-state index in [1.165, 1.54) is 11.8 Å². The van der Waals surface area contributed by atoms with Crippen LogP contribution in [-0.4, -0.2) is 24.9 Å². The largest absolute Gasteiger partial charge is 0.496 e. The number of aryl methyl sites for hydroxylation is 1. The fraction of sp³-hybridized carbons (Fsp3) is 0.385. The molecule has 0 radical (unpaired) electrons. The average molecular weight is 418 g/mol. The van der Waals surface area contributed by atoms with E-state index in [9.17, 15) is 4.79 Å². The van der Waals surface area contributed by atoms with Crippen LogP contribution < -0.4 is 16.0 Å². The molecule has 1 saturated carbocycles. The topological polar surface area (TPSA) is 92.0 Å². The molecule has 0 amide bonds. The maximum absolute atomic E-state index is 13.1. The Hall–Kier alpha value is -2.92. The molecule has 1 atom stereocenters. The minimum Gasteiger partial charge on any atom is -0.496 e. The van der Waals surface area contributed by atoms with Crippen LogP contribution in [0.25, 0.3) is 22.0 Å². The number of hydrogen-bond donors (Lipinski definition) is 3. The molecule has 0 saturated heterocycles. The van der Waals surface area contributed by atoms with Gasteiger partial charge in [0.1, 0.15) is 5.75 Å². The highest BCUT2D eigenvalue weighted by molar-refractivity contribution is 6.09. The fourth-order valence-corrected chi connectivity index (χ4v) is 4.99. The number of benzene rings is 2. The van der Waals surface area contributed by atoms with Crippen molar-refractivity contribution in [3.8, 4) is 16.9 Å². The molecule has 4 N–H and O–H groups in total. The molecule has 5 nitrogen and oxygen atoms in total. The van der Waals surface area contributed by atoms with Gasteiger partial charge in [0.25, 0.3) is 5.56 Å². The smallest absolute Gasteiger partial charge is 0.252 e. The van der Waals surface area contributed by atoms with Gasteiger partial charge in [-0.15, -0.1) is 0 Å². The molecule has 1 heterocycles. The first-order valence-corrected chi connectivity index (χ1v) is 11.1. The SMILES string of the molecule is COc1cc(C)c2[nH]c(=O)c(C3CCCC3)c(C=N)c2c1-c1ccc(C(C)CN)cc1. The van der Waals surface area contributed by atoms with Crippen LogP contribution in [-0.2, 0) is 0 Å². The van der Waals surface area contributed by atoms with Crippen molar-refractivity contribution in [1.29, 1.82) is 5.41 Å². The first-order chi connectivity index (χ1) is 15.0. The lowest BCUT2D eigenvalue weighted by Crippen LogP contribution is -2.19. The summed E-state index contributed by atoms with van der Waals surface area (Å²) in [6.45, 7) is 4.68. The van der Waals surface area contributed by atoms with E-state index in [1.807, 2.05) is 13.0 Å². The van der Waals surface area contributed by atoms with Crippen molar-refractivity contribution in [2.45, 2.75) is 51.4 Å². The predicted octanol–water partition coefficient (Wildman–Crippen LogP) is 5.23. The van der Waals surface area contributed by atoms with Crippen molar-refractivity contribution in [3.63, 3.8) is 0 Å². The summed E-state index contributed by atoms with van der Waals surface area (Å²) >= 11 is 0. The molecule has 1 aromatic heterocycles. The van der Waals surface area contributed by atoms with E-state index >= 15 is 0 Å². The number of pyridine rings is 1. The highest BCUT2D eigenvalue weighted by atomic mass is 16.5. The van der Waals surface area contributed by atoms with E-state index in [0.29, 0.717) is 6.54 Å². The van der Waals surface area contributed by atoms with Crippen molar-refractivity contribution in [2.75, 3.05) is 13.7 Å². The quantitative estimate of drug-likeness (QED) is 0.480. The molecule has 4 rings (SSSR count). The van der Waals surface area contributed by atoms with Gasteiger partial charge in [0.05, 0.1) is 12.6 Å². The van der Waals surface area contributed by atoms with Crippen molar-refractivity contribution in [1.82, 2.24) is 4.98 Å². The standard InChI is InChI=1S/C26H31N3O2/c1-15-12-21(31-3)23(19-10-8-17(9-11-19)16(2)13-27)24-20(14-28)22(18-6-4-5-7-18)26(30)29-25(15)24/h8-12,14,16,18,28H,4-7,13,27H2,1-3H3,(H,29,30). The van der Waals surface area contributed by atoms with Crippen LogP contribution in [0.15, 0.2) is 35.1 Å². The number of nitrogens with two attached hydrogens (primary N) is 1. The van der Waals surface area contributed by atoms with Gasteiger partial charge in [-0.2, -0.15) is 0 Å². The first kappa shape index (κ1) is 21.3. The Morgan fingerprint density at radius 3 is 2.52 bits per heavy atom. The minimum atomic E-state index is -0.0655. The van der Waals surface area contributed by atoms with E-state index in [4.69, 9.17) is 15.9 Å². The third kappa shape index (κ3) is 3.68. The second-order valence-corrected chi connectivity index (χ2v) is 8.69. The van der Waals surface area contributed by atoms with E-state index in [2.05, 4.69) is 36.2 Å². The van der Waals surface area contributed by atoms with Gasteiger partial charge in [0, 0.05) is 28.3 Å². The van der Waals surface area contributed by atoms with Gasteiger partial charge in [-0.1, -0.05) is 44.0 Å². The molecular formula is C26H31N3O2. The Morgan fingerprint density at radius 2 is 1.94 bits per heavy atom. The number of methoxy groups -OCH3 is 1. The third-order valence-electron chi connectivity index (χ3n) is 6.78. The summed E-state index contributed by atoms with van der Waals surface area (Å²) in [6, 6.07) is 10.3. The number of fused-ring (bicyclic) bond motifs is 1. The Labute approximate surface area is 183 Å². The van der Waals surface area contributed by atoms with Gasteiger partial charge in [0.2, 0.25) is 0 Å². The molecule has 1 aliphatic carbocycles. The summed E-state index contributed by atoms with van der Waals surface area (Å²) in [5, 5.41) is 9.16. The molecular weight excluding hydrogens is 386 g/mol. The van der Waals surface area contributed by atoms with Crippen LogP contribution in [0.5, 0.6) is 5.75 Å². The number of aromatic amines is 1. The van der Waals surface area contributed by atoms with Crippen LogP contribution in [0.4, 0.5) is 0 Å². The van der Waals surface area contributed by atoms with Crippen molar-refractivity contribution >= 4 is 17.1 Å². The second-order valence-electron chi connectivity index (χ2n) is 8.69. The number of ether oxygens (including phenoxy) is 1. The third-order valence-corrected chi connectivity index (χ3v) is 6.78. The molecule has 0 bridgehead atoms. The van der Waals surface area contributed by atoms with Crippen molar-refractivity contribution in [3.05, 3.63) is 62.9 Å². The van der Waals surface area contributed by atoms with Crippen LogP contribution >= 0.6 is 0 Å². The average Bonchev–Trinajstić information content (AvgIpc) is 3.32. The monoisotopic (exact) mass is 417 g/mol. The van der Waals surface area contributed by atoms with Gasteiger partial charge in [-0.3, -0.25) is 4.79 Å². The molecule has 3 aromatic rings. The Kier molecular flexibility index (Phi) is 5.96. The summed E-state index contributed by atoms with van der Waals surface area (Å²) < 4.78 is 5.80. The van der Waals surface area contributed by atoms with Crippen molar-refractivity contribution in [2.24, 2.45) is 5.73 Å². The van der Waals surface area contributed by atoms with Gasteiger partial charge in [-0.25, -0.2) is 0 Å². The highest BCUT2D eigenvalue weighted by Gasteiger charge is 2.26. The van der Waals surface area contributed by atoms with Gasteiger partial charge in [0.15, 0.2) is 0 Å². The lowest BCUT2D eigenvalue weighted by molar-refractivity contribution is 0.416. The summed E-state index contributed by atoms with van der Waals surface area (Å²) in [5.41, 5.74) is 12.1. The predicted molar refractivity (Wildman–Crippen MR) is 128 cm³/mol. The van der Waals surface area contributed by atoms with Crippen LogP contribution in [0.2, 0.25) is 0 Å². The van der Waals surface area contributed by atoms with Crippen LogP contribution in [0, 0.1) is 12.3 Å². The minimum absolute atomic E-state index is 0.0655. The van der Waals surface area contributed by atoms with E-state index < -0.39 is 0 Å². The molecule has 5 heteroatoms. The Balaban J connectivity index is 2.06. The fourth-order valence-electron chi connectivity index (χ4n) is 4.99. The van der Waals surface area contributed by atoms with E-state index in [0.717, 1.165) is 70.2 Å². The maximum Gasteiger partial charge on any atom is 0.252 e. The molecule has 2 aromatic carbocycles. The lowest BCUT2D eigenvalue weighted by Gasteiger charge is -2.20. The zero-order valence-electron chi connectivity index (χ0n) is 18.5. The highest BCUT2D eigenvalue weighted by Crippen LogP contribution is 2.42. The summed E-state index contributed by atoms with van der Waals surface area (Å²) in [5.74, 6) is 1.24. The molecule has 31 heavy (non-hydrogen) atoms. The molecule has 162 valence electrons. The number of H-pyrrole nitrogens is 1. The second kappa shape index (κ2) is 8.67. The maximum atomic E-state index is 13.1. The van der Waals surface area contributed by atoms with Crippen molar-refractivity contribution < 1.29 is 4.74 Å². The number of hydrogen-bond acceptors (Lipinski definition) is 4. The summed E-state index contributed by atoms with van der Waals surface area (Å²) in [4.78, 5) is 16.3. The summed E-state index contributed by atoms with van der Waals surface area (Å²) in [6.07, 6.45) is 5.62. The molecule has 1 aliphatic rings. The molecule has 1 fully saturated rings. The van der Waals surface area contributed by atoms with Gasteiger partial charge >= 0.3 is 0 Å².